The number of piperazine rings is 2. The number of hydrogen-bond acceptors (Lipinski definition) is 4. The van der Waals surface area contributed by atoms with E-state index in [1.165, 1.54) is 0 Å². The van der Waals surface area contributed by atoms with Gasteiger partial charge in [0.2, 0.25) is 6.17 Å². The monoisotopic (exact) mass is 342 g/mol. The summed E-state index contributed by atoms with van der Waals surface area (Å²) in [6.07, 6.45) is -0.536. The Bertz CT molecular complexity index is 423. The molecule has 142 valence electrons. The first-order valence-electron chi connectivity index (χ1n) is 9.14. The van der Waals surface area contributed by atoms with Gasteiger partial charge in [-0.1, -0.05) is 0 Å². The SMILES string of the molecule is CC([N+]1([O-])CC(C)(C)NC(C)(C)C1)[N+]1([O-])CC(C)(C)NC(C)(C)C1. The fourth-order valence-corrected chi connectivity index (χ4v) is 5.69. The molecule has 2 heterocycles. The second-order valence-electron chi connectivity index (χ2n) is 11.0. The summed E-state index contributed by atoms with van der Waals surface area (Å²) < 4.78 is -0.856. The first kappa shape index (κ1) is 20.1. The maximum absolute atomic E-state index is 13.8. The Morgan fingerprint density at radius 1 is 0.625 bits per heavy atom. The lowest BCUT2D eigenvalue weighted by Gasteiger charge is -2.66. The molecule has 0 aromatic heterocycles. The highest BCUT2D eigenvalue weighted by Crippen LogP contribution is 2.36. The predicted molar refractivity (Wildman–Crippen MR) is 98.8 cm³/mol. The smallest absolute Gasteiger partial charge is 0.213 e. The molecule has 0 spiro atoms. The molecular formula is C18H38N4O2. The largest absolute Gasteiger partial charge is 0.628 e. The van der Waals surface area contributed by atoms with Gasteiger partial charge in [0.1, 0.15) is 26.2 Å². The van der Waals surface area contributed by atoms with Crippen LogP contribution in [0.2, 0.25) is 0 Å². The third-order valence-electron chi connectivity index (χ3n) is 5.37. The zero-order valence-corrected chi connectivity index (χ0v) is 17.1. The van der Waals surface area contributed by atoms with Crippen molar-refractivity contribution in [3.8, 4) is 0 Å². The van der Waals surface area contributed by atoms with Gasteiger partial charge < -0.3 is 19.7 Å². The van der Waals surface area contributed by atoms with Crippen molar-refractivity contribution in [2.24, 2.45) is 0 Å². The molecule has 0 amide bonds. The van der Waals surface area contributed by atoms with Crippen LogP contribution in [0.3, 0.4) is 0 Å². The number of nitrogens with zero attached hydrogens (tertiary/aromatic N) is 2. The van der Waals surface area contributed by atoms with E-state index in [9.17, 15) is 10.4 Å². The van der Waals surface area contributed by atoms with Crippen LogP contribution in [0.4, 0.5) is 0 Å². The average molecular weight is 343 g/mol. The van der Waals surface area contributed by atoms with Crippen LogP contribution in [-0.2, 0) is 0 Å². The van der Waals surface area contributed by atoms with Crippen LogP contribution in [0.1, 0.15) is 62.3 Å². The Kier molecular flexibility index (Phi) is 4.50. The van der Waals surface area contributed by atoms with E-state index in [1.807, 2.05) is 6.92 Å². The Hall–Kier alpha value is -0.240. The Balaban J connectivity index is 2.36. The van der Waals surface area contributed by atoms with E-state index in [2.05, 4.69) is 66.0 Å². The fourth-order valence-electron chi connectivity index (χ4n) is 5.69. The zero-order chi connectivity index (χ0) is 18.8. The van der Waals surface area contributed by atoms with E-state index in [1.54, 1.807) is 0 Å². The van der Waals surface area contributed by atoms with Gasteiger partial charge in [0, 0.05) is 6.92 Å². The summed E-state index contributed by atoms with van der Waals surface area (Å²) in [6, 6.07) is 0. The first-order chi connectivity index (χ1) is 10.4. The molecule has 0 unspecified atom stereocenters. The van der Waals surface area contributed by atoms with Gasteiger partial charge in [-0.05, 0) is 55.4 Å². The van der Waals surface area contributed by atoms with Crippen molar-refractivity contribution < 1.29 is 9.29 Å². The highest BCUT2D eigenvalue weighted by Gasteiger charge is 2.53. The third kappa shape index (κ3) is 4.11. The Morgan fingerprint density at radius 3 is 1.04 bits per heavy atom. The molecule has 2 saturated heterocycles. The Labute approximate surface area is 147 Å². The topological polar surface area (TPSA) is 70.2 Å². The standard InChI is InChI=1S/C18H38N4O2/c1-14(21(23)10-15(2,3)19-16(4,5)11-21)22(24)12-17(6,7)20-18(8,9)13-22/h14,19-20H,10-13H2,1-9H3. The quantitative estimate of drug-likeness (QED) is 0.597. The molecule has 6 heteroatoms. The van der Waals surface area contributed by atoms with Crippen LogP contribution < -0.4 is 10.6 Å². The lowest BCUT2D eigenvalue weighted by atomic mass is 9.88. The first-order valence-corrected chi connectivity index (χ1v) is 9.14. The fraction of sp³-hybridized carbons (Fsp3) is 1.00. The highest BCUT2D eigenvalue weighted by molar-refractivity contribution is 4.96. The van der Waals surface area contributed by atoms with Gasteiger partial charge >= 0.3 is 0 Å². The number of rotatable bonds is 2. The molecule has 0 aromatic rings. The molecule has 2 N–H and O–H groups in total. The molecule has 0 aliphatic carbocycles. The highest BCUT2D eigenvalue weighted by atomic mass is 16.6. The van der Waals surface area contributed by atoms with Crippen LogP contribution >= 0.6 is 0 Å². The molecule has 0 saturated carbocycles. The zero-order valence-electron chi connectivity index (χ0n) is 17.1. The average Bonchev–Trinajstić information content (AvgIpc) is 2.16. The molecule has 0 bridgehead atoms. The molecule has 0 aromatic carbocycles. The van der Waals surface area contributed by atoms with Crippen molar-refractivity contribution in [3.63, 3.8) is 0 Å². The number of nitrogens with one attached hydrogen (secondary N) is 2. The lowest BCUT2D eigenvalue weighted by molar-refractivity contribution is -1.10. The summed E-state index contributed by atoms with van der Waals surface area (Å²) in [4.78, 5) is 0. The van der Waals surface area contributed by atoms with Crippen molar-refractivity contribution in [1.29, 1.82) is 0 Å². The third-order valence-corrected chi connectivity index (χ3v) is 5.37. The van der Waals surface area contributed by atoms with Crippen LogP contribution in [0.15, 0.2) is 0 Å². The van der Waals surface area contributed by atoms with Gasteiger partial charge in [0.05, 0.1) is 22.2 Å². The Morgan fingerprint density at radius 2 is 0.833 bits per heavy atom. The minimum Gasteiger partial charge on any atom is -0.628 e. The van der Waals surface area contributed by atoms with E-state index in [0.717, 1.165) is 0 Å². The second-order valence-corrected chi connectivity index (χ2v) is 11.0. The molecule has 2 rings (SSSR count). The van der Waals surface area contributed by atoms with Gasteiger partial charge in [-0.15, -0.1) is 0 Å². The van der Waals surface area contributed by atoms with Crippen LogP contribution in [0.25, 0.3) is 0 Å². The predicted octanol–water partition coefficient (Wildman–Crippen LogP) is 2.28. The van der Waals surface area contributed by atoms with Gasteiger partial charge in [0.25, 0.3) is 0 Å². The minimum atomic E-state index is -0.536. The summed E-state index contributed by atoms with van der Waals surface area (Å²) in [5.41, 5.74) is -1.13. The molecule has 2 fully saturated rings. The van der Waals surface area contributed by atoms with Crippen LogP contribution in [-0.4, -0.2) is 63.8 Å². The molecule has 24 heavy (non-hydrogen) atoms. The van der Waals surface area contributed by atoms with E-state index >= 15 is 0 Å². The molecule has 0 radical (unpaired) electrons. The summed E-state index contributed by atoms with van der Waals surface area (Å²) in [7, 11) is 0. The minimum absolute atomic E-state index is 0.282. The van der Waals surface area contributed by atoms with Crippen LogP contribution in [0, 0.1) is 10.4 Å². The number of hydrogen-bond donors (Lipinski definition) is 2. The van der Waals surface area contributed by atoms with E-state index in [0.29, 0.717) is 26.2 Å². The van der Waals surface area contributed by atoms with Crippen molar-refractivity contribution in [1.82, 2.24) is 10.6 Å². The van der Waals surface area contributed by atoms with E-state index in [-0.39, 0.29) is 22.2 Å². The summed E-state index contributed by atoms with van der Waals surface area (Å²) in [5.74, 6) is 0. The van der Waals surface area contributed by atoms with E-state index < -0.39 is 15.5 Å². The molecular weight excluding hydrogens is 304 g/mol. The number of quaternary nitrogens is 2. The molecule has 0 atom stereocenters. The normalized spacial score (nSPS) is 32.5. The van der Waals surface area contributed by atoms with Crippen molar-refractivity contribution >= 4 is 0 Å². The molecule has 2 aliphatic heterocycles. The molecule has 2 aliphatic rings. The number of hydroxylamine groups is 6. The maximum Gasteiger partial charge on any atom is 0.213 e. The second kappa shape index (κ2) is 5.38. The van der Waals surface area contributed by atoms with Crippen LogP contribution in [0.5, 0.6) is 0 Å². The summed E-state index contributed by atoms with van der Waals surface area (Å²) in [5, 5.41) is 34.8. The van der Waals surface area contributed by atoms with Crippen molar-refractivity contribution in [2.75, 3.05) is 26.2 Å². The van der Waals surface area contributed by atoms with E-state index in [4.69, 9.17) is 0 Å². The molecule has 6 nitrogen and oxygen atoms in total. The van der Waals surface area contributed by atoms with Gasteiger partial charge in [-0.3, -0.25) is 10.6 Å². The summed E-state index contributed by atoms with van der Waals surface area (Å²) >= 11 is 0. The van der Waals surface area contributed by atoms with Gasteiger partial charge in [-0.25, -0.2) is 0 Å². The van der Waals surface area contributed by atoms with Gasteiger partial charge in [-0.2, -0.15) is 0 Å². The van der Waals surface area contributed by atoms with Gasteiger partial charge in [0.15, 0.2) is 0 Å². The van der Waals surface area contributed by atoms with Crippen molar-refractivity contribution in [2.45, 2.75) is 90.6 Å². The summed E-state index contributed by atoms with van der Waals surface area (Å²) in [6.45, 7) is 20.1. The lowest BCUT2D eigenvalue weighted by Crippen LogP contribution is -2.82. The maximum atomic E-state index is 13.8. The van der Waals surface area contributed by atoms with Crippen molar-refractivity contribution in [3.05, 3.63) is 10.4 Å².